The molecule has 0 spiro atoms. The van der Waals surface area contributed by atoms with E-state index in [9.17, 15) is 14.4 Å². The lowest BCUT2D eigenvalue weighted by molar-refractivity contribution is -0.122. The highest BCUT2D eigenvalue weighted by Crippen LogP contribution is 2.30. The van der Waals surface area contributed by atoms with Crippen molar-refractivity contribution in [2.24, 2.45) is 0 Å². The van der Waals surface area contributed by atoms with E-state index < -0.39 is 6.04 Å². The summed E-state index contributed by atoms with van der Waals surface area (Å²) >= 11 is 0. The van der Waals surface area contributed by atoms with Crippen molar-refractivity contribution in [1.29, 1.82) is 0 Å². The molecule has 0 saturated carbocycles. The first-order valence-corrected chi connectivity index (χ1v) is 9.32. The maximum atomic E-state index is 12.5. The van der Waals surface area contributed by atoms with Crippen molar-refractivity contribution in [3.8, 4) is 11.1 Å². The van der Waals surface area contributed by atoms with Crippen molar-refractivity contribution in [2.45, 2.75) is 13.0 Å². The minimum absolute atomic E-state index is 0.142. The third kappa shape index (κ3) is 4.27. The van der Waals surface area contributed by atoms with Gasteiger partial charge in [0.2, 0.25) is 5.91 Å². The predicted molar refractivity (Wildman–Crippen MR) is 114 cm³/mol. The molecule has 6 nitrogen and oxygen atoms in total. The highest BCUT2D eigenvalue weighted by atomic mass is 16.2. The number of rotatable bonds is 5. The van der Waals surface area contributed by atoms with E-state index >= 15 is 0 Å². The molecule has 0 bridgehead atoms. The summed E-state index contributed by atoms with van der Waals surface area (Å²) in [7, 11) is 3.13. The SMILES string of the molecule is CNC(=O)c1cccc(-c2cccc3cc(C(=O)N[C@@H](C)C(=O)NC)ccc23)c1. The van der Waals surface area contributed by atoms with E-state index in [-0.39, 0.29) is 17.7 Å². The Kier molecular flexibility index (Phi) is 5.93. The van der Waals surface area contributed by atoms with Gasteiger partial charge in [-0.15, -0.1) is 0 Å². The zero-order valence-electron chi connectivity index (χ0n) is 16.6. The predicted octanol–water partition coefficient (Wildman–Crippen LogP) is 2.73. The third-order valence-electron chi connectivity index (χ3n) is 4.79. The van der Waals surface area contributed by atoms with Crippen LogP contribution >= 0.6 is 0 Å². The van der Waals surface area contributed by atoms with Crippen LogP contribution in [-0.4, -0.2) is 37.9 Å². The molecule has 0 unspecified atom stereocenters. The first-order chi connectivity index (χ1) is 13.9. The van der Waals surface area contributed by atoms with Crippen LogP contribution in [0.5, 0.6) is 0 Å². The van der Waals surface area contributed by atoms with E-state index in [0.717, 1.165) is 21.9 Å². The van der Waals surface area contributed by atoms with Crippen LogP contribution in [0.2, 0.25) is 0 Å². The second-order valence-electron chi connectivity index (χ2n) is 6.71. The molecular formula is C23H23N3O3. The highest BCUT2D eigenvalue weighted by Gasteiger charge is 2.16. The lowest BCUT2D eigenvalue weighted by Gasteiger charge is -2.13. The summed E-state index contributed by atoms with van der Waals surface area (Å²) in [5.41, 5.74) is 2.95. The second kappa shape index (κ2) is 8.56. The maximum absolute atomic E-state index is 12.5. The Balaban J connectivity index is 1.96. The molecule has 3 rings (SSSR count). The van der Waals surface area contributed by atoms with E-state index in [0.29, 0.717) is 11.1 Å². The van der Waals surface area contributed by atoms with Gasteiger partial charge >= 0.3 is 0 Å². The average molecular weight is 389 g/mol. The number of hydrogen-bond acceptors (Lipinski definition) is 3. The molecule has 0 aliphatic carbocycles. The number of nitrogens with one attached hydrogen (secondary N) is 3. The molecule has 3 amide bonds. The van der Waals surface area contributed by atoms with Crippen LogP contribution in [0.1, 0.15) is 27.6 Å². The van der Waals surface area contributed by atoms with Gasteiger partial charge in [0.05, 0.1) is 0 Å². The van der Waals surface area contributed by atoms with Crippen molar-refractivity contribution in [1.82, 2.24) is 16.0 Å². The fourth-order valence-electron chi connectivity index (χ4n) is 3.21. The van der Waals surface area contributed by atoms with Crippen molar-refractivity contribution in [2.75, 3.05) is 14.1 Å². The number of fused-ring (bicyclic) bond motifs is 1. The summed E-state index contributed by atoms with van der Waals surface area (Å²) in [6.07, 6.45) is 0. The normalized spacial score (nSPS) is 11.6. The number of likely N-dealkylation sites (N-methyl/N-ethyl adjacent to an activating group) is 1. The zero-order valence-corrected chi connectivity index (χ0v) is 16.6. The minimum atomic E-state index is -0.623. The molecule has 3 aromatic rings. The molecule has 0 saturated heterocycles. The smallest absolute Gasteiger partial charge is 0.251 e. The average Bonchev–Trinajstić information content (AvgIpc) is 2.76. The van der Waals surface area contributed by atoms with Gasteiger partial charge in [-0.3, -0.25) is 14.4 Å². The lowest BCUT2D eigenvalue weighted by atomic mass is 9.95. The number of amides is 3. The minimum Gasteiger partial charge on any atom is -0.357 e. The summed E-state index contributed by atoms with van der Waals surface area (Å²) in [5, 5.41) is 9.70. The molecule has 0 heterocycles. The molecule has 6 heteroatoms. The zero-order chi connectivity index (χ0) is 21.0. The number of carbonyl (C=O) groups excluding carboxylic acids is 3. The molecule has 1 atom stereocenters. The van der Waals surface area contributed by atoms with Crippen molar-refractivity contribution in [3.63, 3.8) is 0 Å². The van der Waals surface area contributed by atoms with Gasteiger partial charge in [-0.2, -0.15) is 0 Å². The number of hydrogen-bond donors (Lipinski definition) is 3. The molecule has 29 heavy (non-hydrogen) atoms. The number of carbonyl (C=O) groups is 3. The molecular weight excluding hydrogens is 366 g/mol. The Bertz CT molecular complexity index is 1090. The Labute approximate surface area is 169 Å². The summed E-state index contributed by atoms with van der Waals surface area (Å²) in [4.78, 5) is 36.1. The van der Waals surface area contributed by atoms with Gasteiger partial charge in [0.15, 0.2) is 0 Å². The summed E-state index contributed by atoms with van der Waals surface area (Å²) in [6.45, 7) is 1.63. The van der Waals surface area contributed by atoms with Gasteiger partial charge in [-0.05, 0) is 53.1 Å². The molecule has 0 radical (unpaired) electrons. The van der Waals surface area contributed by atoms with Gasteiger partial charge < -0.3 is 16.0 Å². The van der Waals surface area contributed by atoms with Crippen molar-refractivity contribution < 1.29 is 14.4 Å². The molecule has 148 valence electrons. The van der Waals surface area contributed by atoms with Crippen LogP contribution in [0.25, 0.3) is 21.9 Å². The summed E-state index contributed by atoms with van der Waals surface area (Å²) in [5.74, 6) is -0.705. The Morgan fingerprint density at radius 2 is 1.52 bits per heavy atom. The van der Waals surface area contributed by atoms with Crippen LogP contribution in [0.15, 0.2) is 60.7 Å². The number of benzene rings is 3. The van der Waals surface area contributed by atoms with Gasteiger partial charge in [0.25, 0.3) is 11.8 Å². The van der Waals surface area contributed by atoms with E-state index in [1.54, 1.807) is 32.2 Å². The van der Waals surface area contributed by atoms with E-state index in [2.05, 4.69) is 16.0 Å². The third-order valence-corrected chi connectivity index (χ3v) is 4.79. The Morgan fingerprint density at radius 3 is 2.24 bits per heavy atom. The summed E-state index contributed by atoms with van der Waals surface area (Å²) < 4.78 is 0. The molecule has 3 aromatic carbocycles. The lowest BCUT2D eigenvalue weighted by Crippen LogP contribution is -2.43. The van der Waals surface area contributed by atoms with Crippen molar-refractivity contribution in [3.05, 3.63) is 71.8 Å². The molecule has 3 N–H and O–H groups in total. The standard InChI is InChI=1S/C23H23N3O3/c1-14(21(27)24-2)26-23(29)18-10-11-20-16(13-18)7-5-9-19(20)15-6-4-8-17(12-15)22(28)25-3/h4-14H,1-3H3,(H,24,27)(H,25,28)(H,26,29)/t14-/m0/s1. The highest BCUT2D eigenvalue weighted by molar-refractivity contribution is 6.04. The van der Waals surface area contributed by atoms with Crippen LogP contribution in [0, 0.1) is 0 Å². The first kappa shape index (κ1) is 20.1. The first-order valence-electron chi connectivity index (χ1n) is 9.32. The van der Waals surface area contributed by atoms with E-state index in [1.807, 2.05) is 42.5 Å². The topological polar surface area (TPSA) is 87.3 Å². The van der Waals surface area contributed by atoms with E-state index in [1.165, 1.54) is 7.05 Å². The fourth-order valence-corrected chi connectivity index (χ4v) is 3.21. The van der Waals surface area contributed by atoms with Crippen LogP contribution in [-0.2, 0) is 4.79 Å². The van der Waals surface area contributed by atoms with E-state index in [4.69, 9.17) is 0 Å². The molecule has 0 aromatic heterocycles. The van der Waals surface area contributed by atoms with Crippen molar-refractivity contribution >= 4 is 28.5 Å². The van der Waals surface area contributed by atoms with Gasteiger partial charge in [-0.25, -0.2) is 0 Å². The molecule has 0 aliphatic rings. The maximum Gasteiger partial charge on any atom is 0.251 e. The second-order valence-corrected chi connectivity index (χ2v) is 6.71. The largest absolute Gasteiger partial charge is 0.357 e. The summed E-state index contributed by atoms with van der Waals surface area (Å²) in [6, 6.07) is 18.0. The molecule has 0 fully saturated rings. The van der Waals surface area contributed by atoms with Crippen LogP contribution in [0.3, 0.4) is 0 Å². The molecule has 0 aliphatic heterocycles. The Hall–Kier alpha value is -3.67. The van der Waals surface area contributed by atoms with Crippen LogP contribution in [0.4, 0.5) is 0 Å². The Morgan fingerprint density at radius 1 is 0.793 bits per heavy atom. The monoisotopic (exact) mass is 389 g/mol. The van der Waals surface area contributed by atoms with Gasteiger partial charge in [0.1, 0.15) is 6.04 Å². The van der Waals surface area contributed by atoms with Gasteiger partial charge in [0, 0.05) is 25.2 Å². The van der Waals surface area contributed by atoms with Crippen LogP contribution < -0.4 is 16.0 Å². The van der Waals surface area contributed by atoms with Gasteiger partial charge in [-0.1, -0.05) is 36.4 Å². The quantitative estimate of drug-likeness (QED) is 0.627. The fraction of sp³-hybridized carbons (Fsp3) is 0.174.